The van der Waals surface area contributed by atoms with Crippen LogP contribution >= 0.6 is 0 Å². The van der Waals surface area contributed by atoms with Crippen molar-refractivity contribution in [3.8, 4) is 11.5 Å². The summed E-state index contributed by atoms with van der Waals surface area (Å²) in [5.41, 5.74) is 0.0448. The molecule has 1 amide bonds. The molecule has 0 unspecified atom stereocenters. The lowest BCUT2D eigenvalue weighted by Gasteiger charge is -2.20. The molecule has 0 aliphatic carbocycles. The van der Waals surface area contributed by atoms with Gasteiger partial charge in [0, 0.05) is 7.05 Å². The molecule has 0 saturated carbocycles. The zero-order chi connectivity index (χ0) is 15.6. The second kappa shape index (κ2) is 5.54. The molecule has 0 aliphatic heterocycles. The van der Waals surface area contributed by atoms with Gasteiger partial charge in [-0.1, -0.05) is 18.2 Å². The van der Waals surface area contributed by atoms with Crippen molar-refractivity contribution in [3.63, 3.8) is 0 Å². The van der Waals surface area contributed by atoms with Crippen LogP contribution in [0.4, 0.5) is 5.69 Å². The lowest BCUT2D eigenvalue weighted by Crippen LogP contribution is -2.28. The van der Waals surface area contributed by atoms with Crippen LogP contribution in [0.15, 0.2) is 42.5 Å². The molecule has 0 aromatic heterocycles. The van der Waals surface area contributed by atoms with Crippen LogP contribution in [0, 0.1) is 0 Å². The Morgan fingerprint density at radius 1 is 0.952 bits per heavy atom. The summed E-state index contributed by atoms with van der Waals surface area (Å²) in [6.45, 7) is 0. The van der Waals surface area contributed by atoms with E-state index in [2.05, 4.69) is 0 Å². The number of phenolic OH excluding ortho intramolecular Hbond substituents is 2. The first-order valence-corrected chi connectivity index (χ1v) is 6.04. The van der Waals surface area contributed by atoms with Gasteiger partial charge in [-0.2, -0.15) is 0 Å². The molecule has 6 heteroatoms. The minimum absolute atomic E-state index is 0.0343. The largest absolute Gasteiger partial charge is 0.504 e. The van der Waals surface area contributed by atoms with Gasteiger partial charge in [-0.3, -0.25) is 4.79 Å². The number of carboxylic acid groups (broad SMARTS) is 1. The third-order valence-corrected chi connectivity index (χ3v) is 3.05. The summed E-state index contributed by atoms with van der Waals surface area (Å²) in [6, 6.07) is 10.0. The van der Waals surface area contributed by atoms with Gasteiger partial charge in [-0.15, -0.1) is 0 Å². The molecule has 0 spiro atoms. The van der Waals surface area contributed by atoms with Gasteiger partial charge in [0.15, 0.2) is 11.5 Å². The molecule has 2 rings (SSSR count). The normalized spacial score (nSPS) is 10.1. The number of hydrogen-bond acceptors (Lipinski definition) is 4. The predicted octanol–water partition coefficient (Wildman–Crippen LogP) is 2.07. The van der Waals surface area contributed by atoms with Crippen molar-refractivity contribution in [1.82, 2.24) is 0 Å². The van der Waals surface area contributed by atoms with Crippen LogP contribution in [0.3, 0.4) is 0 Å². The third kappa shape index (κ3) is 2.64. The van der Waals surface area contributed by atoms with E-state index in [1.54, 1.807) is 12.1 Å². The maximum Gasteiger partial charge on any atom is 0.337 e. The molecule has 0 aliphatic rings. The van der Waals surface area contributed by atoms with E-state index in [0.29, 0.717) is 0 Å². The highest BCUT2D eigenvalue weighted by atomic mass is 16.4. The molecule has 2 aromatic rings. The molecular formula is C15H13NO5. The number of aromatic hydroxyl groups is 2. The second-order valence-corrected chi connectivity index (χ2v) is 4.36. The average molecular weight is 287 g/mol. The summed E-state index contributed by atoms with van der Waals surface area (Å²) < 4.78 is 0. The summed E-state index contributed by atoms with van der Waals surface area (Å²) in [7, 11) is 1.40. The number of aromatic carboxylic acids is 1. The molecular weight excluding hydrogens is 274 g/mol. The number of hydrogen-bond donors (Lipinski definition) is 3. The zero-order valence-corrected chi connectivity index (χ0v) is 11.1. The minimum Gasteiger partial charge on any atom is -0.504 e. The van der Waals surface area contributed by atoms with Crippen molar-refractivity contribution in [1.29, 1.82) is 0 Å². The van der Waals surface area contributed by atoms with Crippen molar-refractivity contribution in [2.24, 2.45) is 0 Å². The Morgan fingerprint density at radius 3 is 2.24 bits per heavy atom. The highest BCUT2D eigenvalue weighted by molar-refractivity contribution is 6.10. The van der Waals surface area contributed by atoms with Crippen LogP contribution in [-0.4, -0.2) is 34.2 Å². The molecule has 6 nitrogen and oxygen atoms in total. The number of rotatable bonds is 3. The quantitative estimate of drug-likeness (QED) is 0.751. The van der Waals surface area contributed by atoms with E-state index < -0.39 is 23.4 Å². The highest BCUT2D eigenvalue weighted by Crippen LogP contribution is 2.30. The molecule has 2 aromatic carbocycles. The Morgan fingerprint density at radius 2 is 1.57 bits per heavy atom. The van der Waals surface area contributed by atoms with Crippen LogP contribution in [0.5, 0.6) is 11.5 Å². The predicted molar refractivity (Wildman–Crippen MR) is 75.9 cm³/mol. The average Bonchev–Trinajstić information content (AvgIpc) is 2.48. The Hall–Kier alpha value is -3.02. The van der Waals surface area contributed by atoms with Gasteiger partial charge in [-0.05, 0) is 24.3 Å². The fraction of sp³-hybridized carbons (Fsp3) is 0.0667. The molecule has 21 heavy (non-hydrogen) atoms. The van der Waals surface area contributed by atoms with Crippen molar-refractivity contribution in [2.45, 2.75) is 0 Å². The molecule has 0 atom stereocenters. The first kappa shape index (κ1) is 14.4. The van der Waals surface area contributed by atoms with Gasteiger partial charge in [-0.25, -0.2) is 4.79 Å². The van der Waals surface area contributed by atoms with Crippen LogP contribution in [0.25, 0.3) is 0 Å². The van der Waals surface area contributed by atoms with Crippen molar-refractivity contribution in [3.05, 3.63) is 53.6 Å². The fourth-order valence-corrected chi connectivity index (χ4v) is 1.94. The van der Waals surface area contributed by atoms with E-state index >= 15 is 0 Å². The lowest BCUT2D eigenvalue weighted by atomic mass is 10.1. The topological polar surface area (TPSA) is 98.1 Å². The highest BCUT2D eigenvalue weighted by Gasteiger charge is 2.22. The molecule has 0 bridgehead atoms. The number of nitrogens with zero attached hydrogens (tertiary/aromatic N) is 1. The van der Waals surface area contributed by atoms with E-state index in [0.717, 1.165) is 4.90 Å². The van der Waals surface area contributed by atoms with E-state index in [-0.39, 0.29) is 16.8 Å². The number of carboxylic acids is 1. The summed E-state index contributed by atoms with van der Waals surface area (Å²) >= 11 is 0. The van der Waals surface area contributed by atoms with Crippen molar-refractivity contribution in [2.75, 3.05) is 11.9 Å². The Balaban J connectivity index is 2.45. The van der Waals surface area contributed by atoms with E-state index in [1.165, 1.54) is 37.4 Å². The number of benzene rings is 2. The van der Waals surface area contributed by atoms with Gasteiger partial charge in [0.1, 0.15) is 0 Å². The Bertz CT molecular complexity index is 711. The molecule has 108 valence electrons. The number of carbonyl (C=O) groups excluding carboxylic acids is 1. The number of phenols is 2. The van der Waals surface area contributed by atoms with Gasteiger partial charge in [0.2, 0.25) is 0 Å². The van der Waals surface area contributed by atoms with E-state index in [1.807, 2.05) is 0 Å². The van der Waals surface area contributed by atoms with Crippen LogP contribution in [-0.2, 0) is 0 Å². The van der Waals surface area contributed by atoms with Gasteiger partial charge >= 0.3 is 5.97 Å². The number of para-hydroxylation sites is 2. The van der Waals surface area contributed by atoms with Gasteiger partial charge in [0.05, 0.1) is 16.8 Å². The zero-order valence-electron chi connectivity index (χ0n) is 11.1. The molecule has 0 radical (unpaired) electrons. The van der Waals surface area contributed by atoms with E-state index in [9.17, 15) is 19.8 Å². The van der Waals surface area contributed by atoms with Gasteiger partial charge < -0.3 is 20.2 Å². The molecule has 0 fully saturated rings. The standard InChI is InChI=1S/C15H13NO5/c1-16(11-7-3-2-5-9(11)15(20)21)14(19)10-6-4-8-12(17)13(10)18/h2-8,17-18H,1H3,(H,20,21). The monoisotopic (exact) mass is 287 g/mol. The maximum atomic E-state index is 12.4. The first-order chi connectivity index (χ1) is 9.93. The smallest absolute Gasteiger partial charge is 0.337 e. The molecule has 0 saturated heterocycles. The summed E-state index contributed by atoms with van der Waals surface area (Å²) in [6.07, 6.45) is 0. The number of amides is 1. The summed E-state index contributed by atoms with van der Waals surface area (Å²) in [5, 5.41) is 28.3. The minimum atomic E-state index is -1.16. The van der Waals surface area contributed by atoms with Gasteiger partial charge in [0.25, 0.3) is 5.91 Å². The number of anilines is 1. The molecule has 0 heterocycles. The summed E-state index contributed by atoms with van der Waals surface area (Å²) in [5.74, 6) is -2.74. The summed E-state index contributed by atoms with van der Waals surface area (Å²) in [4.78, 5) is 24.6. The first-order valence-electron chi connectivity index (χ1n) is 6.04. The van der Waals surface area contributed by atoms with Crippen molar-refractivity contribution < 1.29 is 24.9 Å². The van der Waals surface area contributed by atoms with Crippen molar-refractivity contribution >= 4 is 17.6 Å². The Kier molecular flexibility index (Phi) is 3.80. The second-order valence-electron chi connectivity index (χ2n) is 4.36. The Labute approximate surface area is 120 Å². The molecule has 3 N–H and O–H groups in total. The lowest BCUT2D eigenvalue weighted by molar-refractivity contribution is 0.0697. The fourth-order valence-electron chi connectivity index (χ4n) is 1.94. The van der Waals surface area contributed by atoms with Crippen LogP contribution < -0.4 is 4.90 Å². The third-order valence-electron chi connectivity index (χ3n) is 3.05. The van der Waals surface area contributed by atoms with E-state index in [4.69, 9.17) is 5.11 Å². The number of carbonyl (C=O) groups is 2. The maximum absolute atomic E-state index is 12.4. The SMILES string of the molecule is CN(C(=O)c1cccc(O)c1O)c1ccccc1C(=O)O. The van der Waals surface area contributed by atoms with Crippen LogP contribution in [0.1, 0.15) is 20.7 Å². The van der Waals surface area contributed by atoms with Crippen LogP contribution in [0.2, 0.25) is 0 Å².